The Kier molecular flexibility index (Phi) is 3.06. The van der Waals surface area contributed by atoms with Crippen LogP contribution in [0.3, 0.4) is 0 Å². The molecule has 1 N–H and O–H groups in total. The third-order valence-corrected chi connectivity index (χ3v) is 4.46. The molecule has 0 radical (unpaired) electrons. The van der Waals surface area contributed by atoms with Gasteiger partial charge in [-0.1, -0.05) is 18.2 Å². The van der Waals surface area contributed by atoms with E-state index in [9.17, 15) is 0 Å². The van der Waals surface area contributed by atoms with E-state index in [-0.39, 0.29) is 0 Å². The van der Waals surface area contributed by atoms with E-state index >= 15 is 0 Å². The van der Waals surface area contributed by atoms with Crippen molar-refractivity contribution in [2.24, 2.45) is 0 Å². The van der Waals surface area contributed by atoms with Crippen LogP contribution in [-0.2, 0) is 0 Å². The summed E-state index contributed by atoms with van der Waals surface area (Å²) >= 11 is 2.08. The lowest BCUT2D eigenvalue weighted by Crippen LogP contribution is -2.36. The molecular weight excluding hydrogens is 216 g/mol. The average Bonchev–Trinajstić information content (AvgIpc) is 2.74. The first-order valence-electron chi connectivity index (χ1n) is 6.06. The molecule has 2 aliphatic heterocycles. The lowest BCUT2D eigenvalue weighted by Gasteiger charge is -2.28. The Morgan fingerprint density at radius 2 is 2.06 bits per heavy atom. The largest absolute Gasteiger partial charge is 0.384 e. The Balaban J connectivity index is 1.68. The van der Waals surface area contributed by atoms with Crippen molar-refractivity contribution in [3.8, 4) is 0 Å². The number of rotatable bonds is 2. The van der Waals surface area contributed by atoms with Crippen molar-refractivity contribution in [3.05, 3.63) is 29.8 Å². The van der Waals surface area contributed by atoms with Crippen LogP contribution in [0.4, 0.5) is 5.69 Å². The number of benzene rings is 1. The number of para-hydroxylation sites is 1. The lowest BCUT2D eigenvalue weighted by atomic mass is 10.0. The second-order valence-corrected chi connectivity index (χ2v) is 5.80. The molecule has 16 heavy (non-hydrogen) atoms. The number of nitrogens with one attached hydrogen (secondary N) is 1. The minimum Gasteiger partial charge on any atom is -0.384 e. The molecule has 0 bridgehead atoms. The molecule has 0 aliphatic carbocycles. The van der Waals surface area contributed by atoms with Gasteiger partial charge in [0.05, 0.1) is 0 Å². The van der Waals surface area contributed by atoms with Gasteiger partial charge < -0.3 is 10.2 Å². The topological polar surface area (TPSA) is 15.3 Å². The monoisotopic (exact) mass is 234 g/mol. The maximum Gasteiger partial charge on any atom is 0.0376 e. The molecule has 0 saturated carbocycles. The summed E-state index contributed by atoms with van der Waals surface area (Å²) in [6, 6.07) is 8.75. The summed E-state index contributed by atoms with van der Waals surface area (Å²) in [6.45, 7) is 4.88. The van der Waals surface area contributed by atoms with Crippen LogP contribution in [0, 0.1) is 0 Å². The maximum absolute atomic E-state index is 3.51. The minimum absolute atomic E-state index is 0.694. The molecule has 0 aromatic heterocycles. The van der Waals surface area contributed by atoms with E-state index < -0.39 is 0 Å². The normalized spacial score (nSPS) is 25.1. The highest BCUT2D eigenvalue weighted by Crippen LogP contribution is 2.31. The molecular formula is C13H18N2S. The van der Waals surface area contributed by atoms with Crippen molar-refractivity contribution in [2.75, 3.05) is 43.0 Å². The SMILES string of the molecule is c1ccc2c(c1)NCC2CN1CCSCC1. The third kappa shape index (κ3) is 2.06. The standard InChI is InChI=1S/C13H18N2S/c1-2-4-13-12(3-1)11(9-14-13)10-15-5-7-16-8-6-15/h1-4,11,14H,5-10H2. The molecule has 1 atom stereocenters. The molecule has 2 nitrogen and oxygen atoms in total. The number of nitrogens with zero attached hydrogens (tertiary/aromatic N) is 1. The van der Waals surface area contributed by atoms with Gasteiger partial charge in [-0.25, -0.2) is 0 Å². The highest BCUT2D eigenvalue weighted by Gasteiger charge is 2.24. The van der Waals surface area contributed by atoms with Crippen LogP contribution in [0.5, 0.6) is 0 Å². The zero-order chi connectivity index (χ0) is 10.8. The third-order valence-electron chi connectivity index (χ3n) is 3.52. The Hall–Kier alpha value is -0.670. The summed E-state index contributed by atoms with van der Waals surface area (Å²) < 4.78 is 0. The summed E-state index contributed by atoms with van der Waals surface area (Å²) in [7, 11) is 0. The Morgan fingerprint density at radius 1 is 1.25 bits per heavy atom. The molecule has 2 heterocycles. The molecule has 1 aromatic carbocycles. The van der Waals surface area contributed by atoms with E-state index in [1.807, 2.05) is 0 Å². The molecule has 1 fully saturated rings. The predicted octanol–water partition coefficient (Wildman–Crippen LogP) is 2.24. The van der Waals surface area contributed by atoms with Gasteiger partial charge in [0, 0.05) is 49.3 Å². The molecule has 2 aliphatic rings. The number of hydrogen-bond donors (Lipinski definition) is 1. The van der Waals surface area contributed by atoms with Gasteiger partial charge in [-0.2, -0.15) is 11.8 Å². The molecule has 1 unspecified atom stereocenters. The zero-order valence-electron chi connectivity index (χ0n) is 9.48. The second kappa shape index (κ2) is 4.68. The number of thioether (sulfide) groups is 1. The van der Waals surface area contributed by atoms with E-state index in [0.717, 1.165) is 6.54 Å². The quantitative estimate of drug-likeness (QED) is 0.845. The number of hydrogen-bond acceptors (Lipinski definition) is 3. The Morgan fingerprint density at radius 3 is 2.94 bits per heavy atom. The van der Waals surface area contributed by atoms with Crippen LogP contribution < -0.4 is 5.32 Å². The zero-order valence-corrected chi connectivity index (χ0v) is 10.3. The van der Waals surface area contributed by atoms with Gasteiger partial charge in [0.15, 0.2) is 0 Å². The molecule has 1 saturated heterocycles. The molecule has 3 rings (SSSR count). The molecule has 86 valence electrons. The van der Waals surface area contributed by atoms with Crippen molar-refractivity contribution in [2.45, 2.75) is 5.92 Å². The average molecular weight is 234 g/mol. The van der Waals surface area contributed by atoms with E-state index in [2.05, 4.69) is 46.2 Å². The Labute approximate surface area is 101 Å². The number of fused-ring (bicyclic) bond motifs is 1. The van der Waals surface area contributed by atoms with Gasteiger partial charge in [0.1, 0.15) is 0 Å². The van der Waals surface area contributed by atoms with Crippen LogP contribution in [0.1, 0.15) is 11.5 Å². The van der Waals surface area contributed by atoms with Gasteiger partial charge in [-0.15, -0.1) is 0 Å². The number of anilines is 1. The van der Waals surface area contributed by atoms with Crippen LogP contribution in [0.15, 0.2) is 24.3 Å². The maximum atomic E-state index is 3.51. The van der Waals surface area contributed by atoms with Gasteiger partial charge in [-0.05, 0) is 11.6 Å². The van der Waals surface area contributed by atoms with Crippen molar-refractivity contribution >= 4 is 17.4 Å². The predicted molar refractivity (Wildman–Crippen MR) is 71.4 cm³/mol. The summed E-state index contributed by atoms with van der Waals surface area (Å²) in [5, 5.41) is 3.51. The first kappa shape index (κ1) is 10.5. The van der Waals surface area contributed by atoms with Crippen molar-refractivity contribution < 1.29 is 0 Å². The second-order valence-electron chi connectivity index (χ2n) is 4.58. The van der Waals surface area contributed by atoms with Crippen LogP contribution in [0.25, 0.3) is 0 Å². The van der Waals surface area contributed by atoms with Gasteiger partial charge >= 0.3 is 0 Å². The van der Waals surface area contributed by atoms with Gasteiger partial charge in [0.2, 0.25) is 0 Å². The molecule has 1 aromatic rings. The summed E-state index contributed by atoms with van der Waals surface area (Å²) in [4.78, 5) is 2.62. The van der Waals surface area contributed by atoms with Crippen molar-refractivity contribution in [3.63, 3.8) is 0 Å². The first-order valence-corrected chi connectivity index (χ1v) is 7.22. The summed E-state index contributed by atoms with van der Waals surface area (Å²) in [5.41, 5.74) is 2.86. The fourth-order valence-corrected chi connectivity index (χ4v) is 3.59. The van der Waals surface area contributed by atoms with E-state index in [1.54, 1.807) is 0 Å². The smallest absolute Gasteiger partial charge is 0.0376 e. The fraction of sp³-hybridized carbons (Fsp3) is 0.538. The first-order chi connectivity index (χ1) is 7.93. The molecule has 3 heteroatoms. The lowest BCUT2D eigenvalue weighted by molar-refractivity contribution is 0.287. The van der Waals surface area contributed by atoms with Crippen LogP contribution in [-0.4, -0.2) is 42.6 Å². The van der Waals surface area contributed by atoms with E-state index in [1.165, 1.54) is 42.4 Å². The van der Waals surface area contributed by atoms with Crippen molar-refractivity contribution in [1.82, 2.24) is 4.90 Å². The van der Waals surface area contributed by atoms with Crippen LogP contribution in [0.2, 0.25) is 0 Å². The van der Waals surface area contributed by atoms with Crippen molar-refractivity contribution in [1.29, 1.82) is 0 Å². The fourth-order valence-electron chi connectivity index (χ4n) is 2.62. The van der Waals surface area contributed by atoms with E-state index in [0.29, 0.717) is 5.92 Å². The molecule has 0 amide bonds. The highest BCUT2D eigenvalue weighted by molar-refractivity contribution is 7.99. The summed E-state index contributed by atoms with van der Waals surface area (Å²) in [6.07, 6.45) is 0. The van der Waals surface area contributed by atoms with E-state index in [4.69, 9.17) is 0 Å². The van der Waals surface area contributed by atoms with Gasteiger partial charge in [0.25, 0.3) is 0 Å². The minimum atomic E-state index is 0.694. The summed E-state index contributed by atoms with van der Waals surface area (Å²) in [5.74, 6) is 3.31. The molecule has 0 spiro atoms. The van der Waals surface area contributed by atoms with Gasteiger partial charge in [-0.3, -0.25) is 0 Å². The van der Waals surface area contributed by atoms with Crippen LogP contribution >= 0.6 is 11.8 Å². The Bertz CT molecular complexity index is 361. The highest BCUT2D eigenvalue weighted by atomic mass is 32.2.